The molecule has 0 aromatic heterocycles. The number of rotatable bonds is 2. The van der Waals surface area contributed by atoms with Crippen molar-refractivity contribution in [2.45, 2.75) is 0 Å². The molecule has 1 aromatic rings. The Morgan fingerprint density at radius 2 is 2.07 bits per heavy atom. The third kappa shape index (κ3) is 3.40. The summed E-state index contributed by atoms with van der Waals surface area (Å²) in [6.07, 6.45) is 1.74. The van der Waals surface area contributed by atoms with E-state index in [0.29, 0.717) is 5.11 Å². The van der Waals surface area contributed by atoms with Gasteiger partial charge in [-0.2, -0.15) is 0 Å². The predicted octanol–water partition coefficient (Wildman–Crippen LogP) is -1.10. The van der Waals surface area contributed by atoms with Crippen LogP contribution in [0.5, 0.6) is 5.75 Å². The molecule has 4 N–H and O–H groups in total. The lowest BCUT2D eigenvalue weighted by molar-refractivity contribution is -0.500. The number of phenols is 1. The van der Waals surface area contributed by atoms with Gasteiger partial charge in [-0.1, -0.05) is 0 Å². The Bertz CT molecular complexity index is 334. The molecular weight excluding hydrogens is 198 g/mol. The van der Waals surface area contributed by atoms with E-state index in [1.807, 2.05) is 0 Å². The van der Waals surface area contributed by atoms with Crippen molar-refractivity contribution in [2.75, 3.05) is 7.05 Å². The molecule has 0 heterocycles. The molecule has 0 spiro atoms. The molecule has 5 heteroatoms. The normalized spacial score (nSPS) is 10.1. The third-order valence-corrected chi connectivity index (χ3v) is 1.85. The third-order valence-electron chi connectivity index (χ3n) is 1.54. The first-order valence-corrected chi connectivity index (χ1v) is 4.48. The van der Waals surface area contributed by atoms with Gasteiger partial charge in [-0.3, -0.25) is 0 Å². The SMILES string of the molecule is CNC(=S)N/[NH+]=C/c1ccc(O)cc1. The molecule has 0 aliphatic carbocycles. The van der Waals surface area contributed by atoms with Crippen LogP contribution in [-0.4, -0.2) is 23.5 Å². The van der Waals surface area contributed by atoms with Crippen molar-refractivity contribution in [1.29, 1.82) is 0 Å². The quantitative estimate of drug-likeness (QED) is 0.284. The van der Waals surface area contributed by atoms with Gasteiger partial charge >= 0.3 is 0 Å². The Kier molecular flexibility index (Phi) is 3.87. The van der Waals surface area contributed by atoms with Crippen molar-refractivity contribution < 1.29 is 10.2 Å². The maximum Gasteiger partial charge on any atom is 0.223 e. The fourth-order valence-corrected chi connectivity index (χ4v) is 0.877. The van der Waals surface area contributed by atoms with Crippen LogP contribution in [0.3, 0.4) is 0 Å². The number of aromatic hydroxyl groups is 1. The average Bonchev–Trinajstić information content (AvgIpc) is 2.21. The van der Waals surface area contributed by atoms with Gasteiger partial charge in [0, 0.05) is 12.6 Å². The van der Waals surface area contributed by atoms with Crippen LogP contribution in [0.1, 0.15) is 5.56 Å². The number of nitrogens with one attached hydrogen (secondary N) is 3. The van der Waals surface area contributed by atoms with Crippen LogP contribution in [0.2, 0.25) is 0 Å². The van der Waals surface area contributed by atoms with Gasteiger partial charge in [0.15, 0.2) is 6.21 Å². The van der Waals surface area contributed by atoms with Crippen molar-refractivity contribution in [1.82, 2.24) is 10.7 Å². The highest BCUT2D eigenvalue weighted by Crippen LogP contribution is 2.06. The Morgan fingerprint density at radius 3 is 2.64 bits per heavy atom. The predicted molar refractivity (Wildman–Crippen MR) is 59.0 cm³/mol. The molecule has 0 amide bonds. The summed E-state index contributed by atoms with van der Waals surface area (Å²) in [5.41, 5.74) is 3.69. The maximum atomic E-state index is 9.03. The number of hydrogen-bond acceptors (Lipinski definition) is 2. The van der Waals surface area contributed by atoms with E-state index in [4.69, 9.17) is 17.3 Å². The maximum absolute atomic E-state index is 9.03. The monoisotopic (exact) mass is 210 g/mol. The van der Waals surface area contributed by atoms with E-state index in [1.54, 1.807) is 37.5 Å². The lowest BCUT2D eigenvalue weighted by Crippen LogP contribution is -2.82. The van der Waals surface area contributed by atoms with Gasteiger partial charge in [0.1, 0.15) is 5.75 Å². The van der Waals surface area contributed by atoms with Crippen molar-refractivity contribution in [3.63, 3.8) is 0 Å². The summed E-state index contributed by atoms with van der Waals surface area (Å²) in [6.45, 7) is 0. The molecule has 1 rings (SSSR count). The Morgan fingerprint density at radius 1 is 1.43 bits per heavy atom. The number of benzene rings is 1. The molecule has 0 aliphatic rings. The fourth-order valence-electron chi connectivity index (χ4n) is 0.818. The van der Waals surface area contributed by atoms with E-state index < -0.39 is 0 Å². The molecule has 0 fully saturated rings. The van der Waals surface area contributed by atoms with E-state index in [2.05, 4.69) is 15.8 Å². The minimum atomic E-state index is 0.251. The minimum absolute atomic E-state index is 0.251. The highest BCUT2D eigenvalue weighted by atomic mass is 32.1. The number of phenolic OH excluding ortho intramolecular Hbond substituents is 1. The molecule has 1 aromatic carbocycles. The van der Waals surface area contributed by atoms with Gasteiger partial charge in [-0.15, -0.1) is 10.5 Å². The van der Waals surface area contributed by atoms with Crippen LogP contribution in [-0.2, 0) is 0 Å². The van der Waals surface area contributed by atoms with Crippen LogP contribution < -0.4 is 15.8 Å². The van der Waals surface area contributed by atoms with Gasteiger partial charge in [-0.05, 0) is 36.5 Å². The first-order valence-electron chi connectivity index (χ1n) is 4.08. The van der Waals surface area contributed by atoms with E-state index in [-0.39, 0.29) is 5.75 Å². The summed E-state index contributed by atoms with van der Waals surface area (Å²) >= 11 is 4.85. The molecule has 0 aliphatic heterocycles. The highest BCUT2D eigenvalue weighted by molar-refractivity contribution is 7.80. The van der Waals surface area contributed by atoms with Gasteiger partial charge in [0.05, 0.1) is 0 Å². The zero-order valence-electron chi connectivity index (χ0n) is 7.74. The smallest absolute Gasteiger partial charge is 0.223 e. The molecule has 0 saturated carbocycles. The van der Waals surface area contributed by atoms with Gasteiger partial charge < -0.3 is 10.4 Å². The second-order valence-corrected chi connectivity index (χ2v) is 2.99. The molecule has 0 bridgehead atoms. The molecule has 74 valence electrons. The van der Waals surface area contributed by atoms with E-state index >= 15 is 0 Å². The van der Waals surface area contributed by atoms with Crippen LogP contribution in [0.25, 0.3) is 0 Å². The Labute approximate surface area is 87.6 Å². The summed E-state index contributed by atoms with van der Waals surface area (Å²) in [5, 5.41) is 15.1. The van der Waals surface area contributed by atoms with Crippen LogP contribution in [0.15, 0.2) is 24.3 Å². The highest BCUT2D eigenvalue weighted by Gasteiger charge is 1.93. The van der Waals surface area contributed by atoms with E-state index in [9.17, 15) is 0 Å². The van der Waals surface area contributed by atoms with Gasteiger partial charge in [-0.25, -0.2) is 0 Å². The molecule has 4 nitrogen and oxygen atoms in total. The average molecular weight is 210 g/mol. The number of thiocarbonyl (C=S) groups is 1. The Hall–Kier alpha value is -1.62. The van der Waals surface area contributed by atoms with Gasteiger partial charge in [0.2, 0.25) is 5.11 Å². The molecule has 14 heavy (non-hydrogen) atoms. The first-order chi connectivity index (χ1) is 6.72. The van der Waals surface area contributed by atoms with E-state index in [0.717, 1.165) is 5.56 Å². The molecule has 0 unspecified atom stereocenters. The largest absolute Gasteiger partial charge is 0.508 e. The van der Waals surface area contributed by atoms with Crippen LogP contribution in [0.4, 0.5) is 0 Å². The van der Waals surface area contributed by atoms with E-state index in [1.165, 1.54) is 0 Å². The molecule has 0 atom stereocenters. The summed E-state index contributed by atoms with van der Waals surface area (Å²) < 4.78 is 0. The fraction of sp³-hybridized carbons (Fsp3) is 0.111. The van der Waals surface area contributed by atoms with Crippen molar-refractivity contribution in [3.05, 3.63) is 29.8 Å². The number of hydrazone groups is 1. The minimum Gasteiger partial charge on any atom is -0.508 e. The summed E-state index contributed by atoms with van der Waals surface area (Å²) in [4.78, 5) is 0. The first kappa shape index (κ1) is 10.5. The topological polar surface area (TPSA) is 58.3 Å². The van der Waals surface area contributed by atoms with Crippen molar-refractivity contribution in [2.24, 2.45) is 0 Å². The van der Waals surface area contributed by atoms with Crippen LogP contribution in [0, 0.1) is 0 Å². The molecular formula is C9H12N3OS+. The van der Waals surface area contributed by atoms with Crippen molar-refractivity contribution in [3.8, 4) is 5.75 Å². The van der Waals surface area contributed by atoms with Crippen molar-refractivity contribution >= 4 is 23.5 Å². The lowest BCUT2D eigenvalue weighted by Gasteiger charge is -1.94. The summed E-state index contributed by atoms with van der Waals surface area (Å²) in [5.74, 6) is 0.251. The second-order valence-electron chi connectivity index (χ2n) is 2.58. The Balaban J connectivity index is 2.52. The van der Waals surface area contributed by atoms with Gasteiger partial charge in [0.25, 0.3) is 0 Å². The van der Waals surface area contributed by atoms with Crippen LogP contribution >= 0.6 is 12.2 Å². The zero-order chi connectivity index (χ0) is 10.4. The standard InChI is InChI=1S/C9H11N3OS/c1-10-9(14)12-11-6-7-2-4-8(13)5-3-7/h2-6,13H,1H3,(H2,10,12,14)/p+1/b11-6+. The number of hydrogen-bond donors (Lipinski definition) is 4. The summed E-state index contributed by atoms with van der Waals surface area (Å²) in [7, 11) is 1.73. The zero-order valence-corrected chi connectivity index (χ0v) is 8.56. The second kappa shape index (κ2) is 5.18. The molecule has 0 saturated heterocycles. The summed E-state index contributed by atoms with van der Waals surface area (Å²) in [6, 6.07) is 6.80. The molecule has 0 radical (unpaired) electrons. The number of hydrazine groups is 1. The lowest BCUT2D eigenvalue weighted by atomic mass is 10.2.